The summed E-state index contributed by atoms with van der Waals surface area (Å²) >= 11 is 0. The predicted octanol–water partition coefficient (Wildman–Crippen LogP) is 1.13. The van der Waals surface area contributed by atoms with Crippen molar-refractivity contribution in [3.63, 3.8) is 0 Å². The van der Waals surface area contributed by atoms with Gasteiger partial charge in [-0.1, -0.05) is 6.92 Å². The van der Waals surface area contributed by atoms with Crippen molar-refractivity contribution in [2.75, 3.05) is 13.2 Å². The van der Waals surface area contributed by atoms with Crippen LogP contribution in [0.25, 0.3) is 0 Å². The minimum Gasteiger partial charge on any atom is -0.393 e. The van der Waals surface area contributed by atoms with Gasteiger partial charge in [-0.25, -0.2) is 0 Å². The van der Waals surface area contributed by atoms with Crippen LogP contribution in [0.2, 0.25) is 0 Å². The van der Waals surface area contributed by atoms with Crippen LogP contribution in [0, 0.1) is 0 Å². The highest BCUT2D eigenvalue weighted by Gasteiger charge is 2.21. The highest BCUT2D eigenvalue weighted by molar-refractivity contribution is 5.11. The number of hydrogen-bond acceptors (Lipinski definition) is 4. The maximum absolute atomic E-state index is 10.1. The zero-order chi connectivity index (χ0) is 13.0. The molecule has 0 aromatic carbocycles. The van der Waals surface area contributed by atoms with Crippen LogP contribution in [-0.2, 0) is 28.9 Å². The SMILES string of the molecule is CCc1cc(CC(O)CC2OCCO2)n(CC)n1. The molecule has 2 heterocycles. The van der Waals surface area contributed by atoms with E-state index in [2.05, 4.69) is 25.0 Å². The molecule has 5 nitrogen and oxygen atoms in total. The number of aryl methyl sites for hydroxylation is 2. The standard InChI is InChI=1S/C13H22N2O3/c1-3-10-7-11(15(4-2)14-10)8-12(16)9-13-17-5-6-18-13/h7,12-13,16H,3-6,8-9H2,1-2H3. The van der Waals surface area contributed by atoms with Gasteiger partial charge in [0.1, 0.15) is 0 Å². The minimum atomic E-state index is -0.445. The topological polar surface area (TPSA) is 56.5 Å². The maximum Gasteiger partial charge on any atom is 0.160 e. The van der Waals surface area contributed by atoms with E-state index >= 15 is 0 Å². The zero-order valence-corrected chi connectivity index (χ0v) is 11.1. The van der Waals surface area contributed by atoms with Crippen molar-refractivity contribution in [1.29, 1.82) is 0 Å². The van der Waals surface area contributed by atoms with Crippen LogP contribution in [0.15, 0.2) is 6.07 Å². The lowest BCUT2D eigenvalue weighted by molar-refractivity contribution is -0.0700. The molecule has 2 rings (SSSR count). The second-order valence-corrected chi connectivity index (χ2v) is 4.56. The molecule has 1 aromatic heterocycles. The molecular weight excluding hydrogens is 232 g/mol. The van der Waals surface area contributed by atoms with E-state index in [-0.39, 0.29) is 6.29 Å². The van der Waals surface area contributed by atoms with E-state index in [1.807, 2.05) is 4.68 Å². The Kier molecular flexibility index (Phi) is 4.74. The minimum absolute atomic E-state index is 0.247. The average molecular weight is 254 g/mol. The van der Waals surface area contributed by atoms with Crippen LogP contribution in [0.1, 0.15) is 31.7 Å². The molecule has 0 aliphatic carbocycles. The third-order valence-electron chi connectivity index (χ3n) is 3.18. The van der Waals surface area contributed by atoms with Gasteiger partial charge in [-0.3, -0.25) is 4.68 Å². The first kappa shape index (κ1) is 13.5. The molecule has 0 radical (unpaired) electrons. The van der Waals surface area contributed by atoms with Crippen molar-refractivity contribution in [3.05, 3.63) is 17.5 Å². The molecule has 102 valence electrons. The summed E-state index contributed by atoms with van der Waals surface area (Å²) in [5.41, 5.74) is 2.16. The van der Waals surface area contributed by atoms with Crippen LogP contribution in [-0.4, -0.2) is 40.5 Å². The molecule has 1 fully saturated rings. The fourth-order valence-electron chi connectivity index (χ4n) is 2.22. The summed E-state index contributed by atoms with van der Waals surface area (Å²) in [6.45, 7) is 6.24. The lowest BCUT2D eigenvalue weighted by Crippen LogP contribution is -2.21. The van der Waals surface area contributed by atoms with Crippen molar-refractivity contribution in [2.24, 2.45) is 0 Å². The van der Waals surface area contributed by atoms with Gasteiger partial charge in [0.25, 0.3) is 0 Å². The number of ether oxygens (including phenoxy) is 2. The van der Waals surface area contributed by atoms with E-state index in [0.717, 1.165) is 24.4 Å². The van der Waals surface area contributed by atoms with Gasteiger partial charge in [-0.05, 0) is 19.4 Å². The van der Waals surface area contributed by atoms with E-state index in [0.29, 0.717) is 26.1 Å². The van der Waals surface area contributed by atoms with Gasteiger partial charge in [-0.15, -0.1) is 0 Å². The Morgan fingerprint density at radius 2 is 2.17 bits per heavy atom. The fraction of sp³-hybridized carbons (Fsp3) is 0.769. The first-order valence-electron chi connectivity index (χ1n) is 6.69. The number of aliphatic hydroxyl groups is 1. The number of aromatic nitrogens is 2. The Hall–Kier alpha value is -0.910. The smallest absolute Gasteiger partial charge is 0.160 e. The van der Waals surface area contributed by atoms with Gasteiger partial charge in [0.05, 0.1) is 25.0 Å². The van der Waals surface area contributed by atoms with Crippen LogP contribution in [0.3, 0.4) is 0 Å². The van der Waals surface area contributed by atoms with Gasteiger partial charge in [0.15, 0.2) is 6.29 Å². The highest BCUT2D eigenvalue weighted by atomic mass is 16.7. The van der Waals surface area contributed by atoms with E-state index in [9.17, 15) is 5.11 Å². The monoisotopic (exact) mass is 254 g/mol. The third-order valence-corrected chi connectivity index (χ3v) is 3.18. The molecule has 5 heteroatoms. The van der Waals surface area contributed by atoms with E-state index in [4.69, 9.17) is 9.47 Å². The van der Waals surface area contributed by atoms with E-state index in [1.54, 1.807) is 0 Å². The maximum atomic E-state index is 10.1. The molecule has 1 unspecified atom stereocenters. The number of nitrogens with zero attached hydrogens (tertiary/aromatic N) is 2. The van der Waals surface area contributed by atoms with Gasteiger partial charge in [-0.2, -0.15) is 5.10 Å². The van der Waals surface area contributed by atoms with Crippen molar-refractivity contribution in [2.45, 2.75) is 52.0 Å². The van der Waals surface area contributed by atoms with Crippen LogP contribution >= 0.6 is 0 Å². The second-order valence-electron chi connectivity index (χ2n) is 4.56. The van der Waals surface area contributed by atoms with Crippen molar-refractivity contribution in [1.82, 2.24) is 9.78 Å². The van der Waals surface area contributed by atoms with Gasteiger partial charge in [0.2, 0.25) is 0 Å². The zero-order valence-electron chi connectivity index (χ0n) is 11.1. The van der Waals surface area contributed by atoms with E-state index in [1.165, 1.54) is 0 Å². The van der Waals surface area contributed by atoms with Crippen molar-refractivity contribution in [3.8, 4) is 0 Å². The lowest BCUT2D eigenvalue weighted by atomic mass is 10.1. The van der Waals surface area contributed by atoms with Crippen molar-refractivity contribution >= 4 is 0 Å². The molecule has 1 aliphatic heterocycles. The molecular formula is C13H22N2O3. The molecule has 0 bridgehead atoms. The summed E-state index contributed by atoms with van der Waals surface area (Å²) < 4.78 is 12.6. The molecule has 1 saturated heterocycles. The summed E-state index contributed by atoms with van der Waals surface area (Å²) in [4.78, 5) is 0. The van der Waals surface area contributed by atoms with Crippen LogP contribution in [0.5, 0.6) is 0 Å². The Labute approximate surface area is 108 Å². The normalized spacial score (nSPS) is 18.4. The summed E-state index contributed by atoms with van der Waals surface area (Å²) in [5, 5.41) is 14.5. The quantitative estimate of drug-likeness (QED) is 0.827. The van der Waals surface area contributed by atoms with E-state index < -0.39 is 6.10 Å². The first-order valence-corrected chi connectivity index (χ1v) is 6.69. The van der Waals surface area contributed by atoms with Crippen LogP contribution < -0.4 is 0 Å². The number of aliphatic hydroxyl groups excluding tert-OH is 1. The molecule has 0 spiro atoms. The Morgan fingerprint density at radius 1 is 1.44 bits per heavy atom. The summed E-state index contributed by atoms with van der Waals surface area (Å²) in [5.74, 6) is 0. The van der Waals surface area contributed by atoms with Crippen LogP contribution in [0.4, 0.5) is 0 Å². The summed E-state index contributed by atoms with van der Waals surface area (Å²) in [6.07, 6.45) is 1.36. The van der Waals surface area contributed by atoms with Gasteiger partial charge in [0, 0.05) is 25.1 Å². The fourth-order valence-corrected chi connectivity index (χ4v) is 2.22. The van der Waals surface area contributed by atoms with Gasteiger partial charge < -0.3 is 14.6 Å². The Balaban J connectivity index is 1.92. The first-order chi connectivity index (χ1) is 8.72. The average Bonchev–Trinajstić information content (AvgIpc) is 2.98. The third kappa shape index (κ3) is 3.31. The molecule has 1 aromatic rings. The number of hydrogen-bond donors (Lipinski definition) is 1. The number of rotatable bonds is 6. The Bertz CT molecular complexity index is 372. The molecule has 0 amide bonds. The lowest BCUT2D eigenvalue weighted by Gasteiger charge is -2.15. The largest absolute Gasteiger partial charge is 0.393 e. The molecule has 18 heavy (non-hydrogen) atoms. The molecule has 0 saturated carbocycles. The molecule has 1 aliphatic rings. The van der Waals surface area contributed by atoms with Gasteiger partial charge >= 0.3 is 0 Å². The highest BCUT2D eigenvalue weighted by Crippen LogP contribution is 2.15. The second kappa shape index (κ2) is 6.31. The Morgan fingerprint density at radius 3 is 2.78 bits per heavy atom. The summed E-state index contributed by atoms with van der Waals surface area (Å²) in [6, 6.07) is 2.07. The summed E-state index contributed by atoms with van der Waals surface area (Å²) in [7, 11) is 0. The van der Waals surface area contributed by atoms with Crippen molar-refractivity contribution < 1.29 is 14.6 Å². The molecule has 1 N–H and O–H groups in total. The molecule has 1 atom stereocenters. The predicted molar refractivity (Wildman–Crippen MR) is 67.3 cm³/mol.